The standard InChI is InChI=1S/C13H18F2/c1-8(2)9-6-10(13(3,4)5)12(15)11(14)7-9/h6-8H,1-5H3. The van der Waals surface area contributed by atoms with E-state index in [9.17, 15) is 8.78 Å². The first kappa shape index (κ1) is 12.2. The minimum Gasteiger partial charge on any atom is -0.204 e. The maximum atomic E-state index is 13.6. The van der Waals surface area contributed by atoms with E-state index in [2.05, 4.69) is 0 Å². The summed E-state index contributed by atoms with van der Waals surface area (Å²) in [4.78, 5) is 0. The maximum Gasteiger partial charge on any atom is 0.162 e. The summed E-state index contributed by atoms with van der Waals surface area (Å²) in [7, 11) is 0. The molecule has 0 spiro atoms. The minimum atomic E-state index is -0.744. The molecule has 0 unspecified atom stereocenters. The first-order chi connectivity index (χ1) is 6.73. The average molecular weight is 212 g/mol. The molecule has 0 atom stereocenters. The molecule has 1 aromatic carbocycles. The quantitative estimate of drug-likeness (QED) is 0.647. The third-order valence-corrected chi connectivity index (χ3v) is 2.53. The molecule has 15 heavy (non-hydrogen) atoms. The molecular formula is C13H18F2. The van der Waals surface area contributed by atoms with Gasteiger partial charge in [0.15, 0.2) is 11.6 Å². The first-order valence-electron chi connectivity index (χ1n) is 5.23. The maximum absolute atomic E-state index is 13.6. The van der Waals surface area contributed by atoms with Gasteiger partial charge in [-0.05, 0) is 28.5 Å². The largest absolute Gasteiger partial charge is 0.204 e. The van der Waals surface area contributed by atoms with E-state index in [0.29, 0.717) is 5.56 Å². The molecular weight excluding hydrogens is 194 g/mol. The molecule has 0 radical (unpaired) electrons. The van der Waals surface area contributed by atoms with E-state index in [0.717, 1.165) is 5.56 Å². The Labute approximate surface area is 90.3 Å². The van der Waals surface area contributed by atoms with Crippen molar-refractivity contribution in [3.63, 3.8) is 0 Å². The van der Waals surface area contributed by atoms with Gasteiger partial charge in [0, 0.05) is 0 Å². The monoisotopic (exact) mass is 212 g/mol. The highest BCUT2D eigenvalue weighted by molar-refractivity contribution is 5.32. The smallest absolute Gasteiger partial charge is 0.162 e. The molecule has 84 valence electrons. The summed E-state index contributed by atoms with van der Waals surface area (Å²) < 4.78 is 26.9. The Morgan fingerprint density at radius 1 is 1.07 bits per heavy atom. The Balaban J connectivity index is 3.38. The lowest BCUT2D eigenvalue weighted by Gasteiger charge is -2.21. The van der Waals surface area contributed by atoms with Crippen molar-refractivity contribution in [2.45, 2.75) is 46.0 Å². The van der Waals surface area contributed by atoms with Crippen molar-refractivity contribution < 1.29 is 8.78 Å². The van der Waals surface area contributed by atoms with E-state index in [-0.39, 0.29) is 11.3 Å². The molecule has 0 amide bonds. The van der Waals surface area contributed by atoms with Gasteiger partial charge in [-0.2, -0.15) is 0 Å². The molecule has 0 aliphatic heterocycles. The normalized spacial score (nSPS) is 12.3. The van der Waals surface area contributed by atoms with Crippen LogP contribution in [0.15, 0.2) is 12.1 Å². The molecule has 0 saturated heterocycles. The van der Waals surface area contributed by atoms with Crippen LogP contribution >= 0.6 is 0 Å². The van der Waals surface area contributed by atoms with Crippen LogP contribution in [0.25, 0.3) is 0 Å². The lowest BCUT2D eigenvalue weighted by atomic mass is 9.84. The van der Waals surface area contributed by atoms with E-state index in [4.69, 9.17) is 0 Å². The van der Waals surface area contributed by atoms with Crippen LogP contribution in [0.2, 0.25) is 0 Å². The van der Waals surface area contributed by atoms with Gasteiger partial charge in [-0.25, -0.2) is 8.78 Å². The van der Waals surface area contributed by atoms with Crippen molar-refractivity contribution >= 4 is 0 Å². The zero-order chi connectivity index (χ0) is 11.8. The molecule has 0 fully saturated rings. The third kappa shape index (κ3) is 2.55. The lowest BCUT2D eigenvalue weighted by molar-refractivity contribution is 0.462. The zero-order valence-corrected chi connectivity index (χ0v) is 9.99. The predicted octanol–water partition coefficient (Wildman–Crippen LogP) is 4.39. The zero-order valence-electron chi connectivity index (χ0n) is 9.99. The molecule has 0 nitrogen and oxygen atoms in total. The van der Waals surface area contributed by atoms with Crippen LogP contribution in [0.3, 0.4) is 0 Å². The highest BCUT2D eigenvalue weighted by Gasteiger charge is 2.22. The SMILES string of the molecule is CC(C)c1cc(F)c(F)c(C(C)(C)C)c1. The van der Waals surface area contributed by atoms with Gasteiger partial charge < -0.3 is 0 Å². The number of hydrogen-bond acceptors (Lipinski definition) is 0. The number of rotatable bonds is 1. The van der Waals surface area contributed by atoms with Gasteiger partial charge in [-0.15, -0.1) is 0 Å². The molecule has 1 aromatic rings. The van der Waals surface area contributed by atoms with E-state index < -0.39 is 11.6 Å². The molecule has 0 N–H and O–H groups in total. The van der Waals surface area contributed by atoms with E-state index in [1.807, 2.05) is 34.6 Å². The van der Waals surface area contributed by atoms with Crippen molar-refractivity contribution in [1.29, 1.82) is 0 Å². The summed E-state index contributed by atoms with van der Waals surface area (Å²) in [5.41, 5.74) is 0.931. The van der Waals surface area contributed by atoms with Crippen LogP contribution in [-0.4, -0.2) is 0 Å². The third-order valence-electron chi connectivity index (χ3n) is 2.53. The number of halogens is 2. The van der Waals surface area contributed by atoms with Crippen LogP contribution in [0.5, 0.6) is 0 Å². The molecule has 0 aliphatic rings. The van der Waals surface area contributed by atoms with Crippen molar-refractivity contribution in [1.82, 2.24) is 0 Å². The Morgan fingerprint density at radius 3 is 2.00 bits per heavy atom. The molecule has 0 aliphatic carbocycles. The molecule has 0 aromatic heterocycles. The minimum absolute atomic E-state index is 0.209. The van der Waals surface area contributed by atoms with Gasteiger partial charge >= 0.3 is 0 Å². The summed E-state index contributed by atoms with van der Waals surface area (Å²) >= 11 is 0. The summed E-state index contributed by atoms with van der Waals surface area (Å²) in [6, 6.07) is 3.05. The number of benzene rings is 1. The van der Waals surface area contributed by atoms with Gasteiger partial charge in [0.1, 0.15) is 0 Å². The van der Waals surface area contributed by atoms with Gasteiger partial charge in [-0.3, -0.25) is 0 Å². The molecule has 0 saturated carbocycles. The van der Waals surface area contributed by atoms with E-state index in [1.165, 1.54) is 6.07 Å². The van der Waals surface area contributed by atoms with Crippen molar-refractivity contribution in [2.75, 3.05) is 0 Å². The Hall–Kier alpha value is -0.920. The summed E-state index contributed by atoms with van der Waals surface area (Å²) in [5, 5.41) is 0. The van der Waals surface area contributed by atoms with Crippen LogP contribution < -0.4 is 0 Å². The molecule has 1 rings (SSSR count). The molecule has 0 heterocycles. The fraction of sp³-hybridized carbons (Fsp3) is 0.538. The highest BCUT2D eigenvalue weighted by atomic mass is 19.2. The van der Waals surface area contributed by atoms with Gasteiger partial charge in [0.25, 0.3) is 0 Å². The predicted molar refractivity (Wildman–Crippen MR) is 59.1 cm³/mol. The van der Waals surface area contributed by atoms with E-state index in [1.54, 1.807) is 6.07 Å². The Bertz CT molecular complexity index is 360. The van der Waals surface area contributed by atoms with Crippen molar-refractivity contribution in [3.8, 4) is 0 Å². The topological polar surface area (TPSA) is 0 Å². The van der Waals surface area contributed by atoms with Gasteiger partial charge in [-0.1, -0.05) is 40.7 Å². The van der Waals surface area contributed by atoms with Crippen molar-refractivity contribution in [2.24, 2.45) is 0 Å². The van der Waals surface area contributed by atoms with Crippen LogP contribution in [0, 0.1) is 11.6 Å². The second-order valence-electron chi connectivity index (χ2n) is 5.27. The Kier molecular flexibility index (Phi) is 3.17. The Morgan fingerprint density at radius 2 is 1.60 bits per heavy atom. The molecule has 2 heteroatoms. The number of hydrogen-bond donors (Lipinski definition) is 0. The first-order valence-corrected chi connectivity index (χ1v) is 5.23. The van der Waals surface area contributed by atoms with E-state index >= 15 is 0 Å². The lowest BCUT2D eigenvalue weighted by Crippen LogP contribution is -2.15. The summed E-state index contributed by atoms with van der Waals surface area (Å²) in [6.07, 6.45) is 0. The van der Waals surface area contributed by atoms with Gasteiger partial charge in [0.2, 0.25) is 0 Å². The fourth-order valence-electron chi connectivity index (χ4n) is 1.49. The van der Waals surface area contributed by atoms with Crippen molar-refractivity contribution in [3.05, 3.63) is 34.9 Å². The van der Waals surface area contributed by atoms with Crippen LogP contribution in [0.4, 0.5) is 8.78 Å². The fourth-order valence-corrected chi connectivity index (χ4v) is 1.49. The van der Waals surface area contributed by atoms with Crippen LogP contribution in [-0.2, 0) is 5.41 Å². The highest BCUT2D eigenvalue weighted by Crippen LogP contribution is 2.29. The second kappa shape index (κ2) is 3.92. The molecule has 0 bridgehead atoms. The van der Waals surface area contributed by atoms with Crippen LogP contribution in [0.1, 0.15) is 51.7 Å². The van der Waals surface area contributed by atoms with Gasteiger partial charge in [0.05, 0.1) is 0 Å². The summed E-state index contributed by atoms with van der Waals surface area (Å²) in [5.74, 6) is -1.25. The summed E-state index contributed by atoms with van der Waals surface area (Å²) in [6.45, 7) is 9.59. The second-order valence-corrected chi connectivity index (χ2v) is 5.27. The average Bonchev–Trinajstić information content (AvgIpc) is 2.06.